The van der Waals surface area contributed by atoms with Gasteiger partial charge in [-0.1, -0.05) is 42.5 Å². The van der Waals surface area contributed by atoms with E-state index >= 15 is 0 Å². The van der Waals surface area contributed by atoms with Crippen LogP contribution in [0.1, 0.15) is 11.1 Å². The molecule has 3 aromatic carbocycles. The molecule has 0 fully saturated rings. The zero-order valence-corrected chi connectivity index (χ0v) is 13.8. The van der Waals surface area contributed by atoms with Crippen molar-refractivity contribution >= 4 is 28.0 Å². The number of nitrogens with two attached hydrogens (primary N) is 1. The molecule has 1 aromatic heterocycles. The van der Waals surface area contributed by atoms with Gasteiger partial charge in [0.2, 0.25) is 0 Å². The summed E-state index contributed by atoms with van der Waals surface area (Å²) in [6.07, 6.45) is 2.75. The average Bonchev–Trinajstić information content (AvgIpc) is 2.65. The molecule has 0 amide bonds. The van der Waals surface area contributed by atoms with Crippen molar-refractivity contribution in [2.24, 2.45) is 0 Å². The fourth-order valence-electron chi connectivity index (χ4n) is 2.97. The fraction of sp³-hybridized carbons (Fsp3) is 0.0455. The minimum atomic E-state index is 0.738. The second-order valence-corrected chi connectivity index (χ2v) is 6.12. The number of aromatic nitrogens is 1. The van der Waals surface area contributed by atoms with Gasteiger partial charge in [0.05, 0.1) is 5.52 Å². The van der Waals surface area contributed by atoms with E-state index in [-0.39, 0.29) is 0 Å². The maximum Gasteiger partial charge on any atom is 0.0724 e. The highest BCUT2D eigenvalue weighted by molar-refractivity contribution is 5.94. The predicted molar refractivity (Wildman–Crippen MR) is 105 cm³/mol. The summed E-state index contributed by atoms with van der Waals surface area (Å²) in [5.41, 5.74) is 12.3. The van der Waals surface area contributed by atoms with E-state index in [2.05, 4.69) is 58.8 Å². The van der Waals surface area contributed by atoms with E-state index in [9.17, 15) is 0 Å². The molecule has 1 heterocycles. The van der Waals surface area contributed by atoms with Crippen molar-refractivity contribution in [3.8, 4) is 0 Å². The molecule has 4 rings (SSSR count). The Balaban J connectivity index is 1.56. The van der Waals surface area contributed by atoms with Crippen LogP contribution in [0.2, 0.25) is 0 Å². The molecule has 0 atom stereocenters. The number of fused-ring (bicyclic) bond motifs is 1. The Morgan fingerprint density at radius 2 is 1.56 bits per heavy atom. The van der Waals surface area contributed by atoms with Gasteiger partial charge in [0.1, 0.15) is 0 Å². The highest BCUT2D eigenvalue weighted by Gasteiger charge is 2.03. The molecule has 0 aliphatic heterocycles. The number of nitrogens with zero attached hydrogens (tertiary/aromatic N) is 1. The van der Waals surface area contributed by atoms with Crippen LogP contribution in [0.25, 0.3) is 10.9 Å². The summed E-state index contributed by atoms with van der Waals surface area (Å²) in [7, 11) is 0. The van der Waals surface area contributed by atoms with E-state index in [0.29, 0.717) is 0 Å². The van der Waals surface area contributed by atoms with Crippen LogP contribution in [0, 0.1) is 0 Å². The lowest BCUT2D eigenvalue weighted by atomic mass is 10.0. The van der Waals surface area contributed by atoms with Crippen LogP contribution in [0.15, 0.2) is 85.1 Å². The lowest BCUT2D eigenvalue weighted by Gasteiger charge is -2.11. The van der Waals surface area contributed by atoms with E-state index in [1.54, 1.807) is 0 Å². The second-order valence-electron chi connectivity index (χ2n) is 6.12. The monoisotopic (exact) mass is 325 g/mol. The number of benzene rings is 3. The van der Waals surface area contributed by atoms with Gasteiger partial charge in [-0.3, -0.25) is 4.98 Å². The Morgan fingerprint density at radius 1 is 0.800 bits per heavy atom. The lowest BCUT2D eigenvalue weighted by Crippen LogP contribution is -1.94. The van der Waals surface area contributed by atoms with Crippen LogP contribution in [0.3, 0.4) is 0 Å². The van der Waals surface area contributed by atoms with Crippen molar-refractivity contribution in [2.75, 3.05) is 11.1 Å². The molecule has 0 spiro atoms. The lowest BCUT2D eigenvalue weighted by molar-refractivity contribution is 1.19. The molecule has 0 saturated heterocycles. The molecule has 3 N–H and O–H groups in total. The number of anilines is 3. The highest BCUT2D eigenvalue weighted by atomic mass is 14.9. The topological polar surface area (TPSA) is 50.9 Å². The zero-order chi connectivity index (χ0) is 17.1. The van der Waals surface area contributed by atoms with Gasteiger partial charge in [0.25, 0.3) is 0 Å². The third-order valence-corrected chi connectivity index (χ3v) is 4.25. The van der Waals surface area contributed by atoms with Crippen molar-refractivity contribution in [3.05, 3.63) is 96.2 Å². The molecule has 0 aliphatic rings. The molecule has 0 radical (unpaired) electrons. The van der Waals surface area contributed by atoms with Crippen molar-refractivity contribution in [2.45, 2.75) is 6.42 Å². The van der Waals surface area contributed by atoms with Gasteiger partial charge >= 0.3 is 0 Å². The predicted octanol–water partition coefficient (Wildman–Crippen LogP) is 5.15. The summed E-state index contributed by atoms with van der Waals surface area (Å²) in [6, 6.07) is 26.8. The van der Waals surface area contributed by atoms with Gasteiger partial charge in [0.15, 0.2) is 0 Å². The minimum Gasteiger partial charge on any atom is -0.399 e. The molecule has 0 unspecified atom stereocenters. The first kappa shape index (κ1) is 15.2. The van der Waals surface area contributed by atoms with Crippen LogP contribution in [-0.4, -0.2) is 4.98 Å². The number of pyridine rings is 1. The largest absolute Gasteiger partial charge is 0.399 e. The maximum absolute atomic E-state index is 5.92. The first-order valence-electron chi connectivity index (χ1n) is 8.32. The van der Waals surface area contributed by atoms with Crippen molar-refractivity contribution in [1.29, 1.82) is 0 Å². The van der Waals surface area contributed by atoms with E-state index < -0.39 is 0 Å². The van der Waals surface area contributed by atoms with E-state index in [1.807, 2.05) is 36.5 Å². The first-order chi connectivity index (χ1) is 12.3. The summed E-state index contributed by atoms with van der Waals surface area (Å²) in [5, 5.41) is 4.49. The molecule has 25 heavy (non-hydrogen) atoms. The van der Waals surface area contributed by atoms with Crippen LogP contribution >= 0.6 is 0 Å². The molecule has 3 nitrogen and oxygen atoms in total. The maximum atomic E-state index is 5.92. The summed E-state index contributed by atoms with van der Waals surface area (Å²) in [5.74, 6) is 0. The molecule has 0 aliphatic carbocycles. The Bertz CT molecular complexity index is 993. The summed E-state index contributed by atoms with van der Waals surface area (Å²) < 4.78 is 0. The van der Waals surface area contributed by atoms with Gasteiger partial charge in [-0.05, 0) is 53.9 Å². The number of nitrogens with one attached hydrogen (secondary N) is 1. The third kappa shape index (κ3) is 3.45. The Kier molecular flexibility index (Phi) is 4.05. The number of hydrogen-bond donors (Lipinski definition) is 2. The van der Waals surface area contributed by atoms with Gasteiger partial charge in [-0.15, -0.1) is 0 Å². The van der Waals surface area contributed by atoms with Crippen LogP contribution in [0.5, 0.6) is 0 Å². The molecule has 0 bridgehead atoms. The Morgan fingerprint density at radius 3 is 2.36 bits per heavy atom. The van der Waals surface area contributed by atoms with Crippen LogP contribution in [-0.2, 0) is 6.42 Å². The third-order valence-electron chi connectivity index (χ3n) is 4.25. The molecular weight excluding hydrogens is 306 g/mol. The summed E-state index contributed by atoms with van der Waals surface area (Å²) >= 11 is 0. The van der Waals surface area contributed by atoms with Crippen molar-refractivity contribution in [3.63, 3.8) is 0 Å². The highest BCUT2D eigenvalue weighted by Crippen LogP contribution is 2.27. The van der Waals surface area contributed by atoms with E-state index in [0.717, 1.165) is 34.4 Å². The van der Waals surface area contributed by atoms with Crippen LogP contribution in [0.4, 0.5) is 17.1 Å². The van der Waals surface area contributed by atoms with Gasteiger partial charge in [0, 0.05) is 28.6 Å². The van der Waals surface area contributed by atoms with Gasteiger partial charge < -0.3 is 11.1 Å². The van der Waals surface area contributed by atoms with Crippen LogP contribution < -0.4 is 11.1 Å². The second kappa shape index (κ2) is 6.65. The normalized spacial score (nSPS) is 10.7. The standard InChI is InChI=1S/C22H19N3/c23-18-8-11-21-20(15-18)22(12-13-24-21)25-19-9-6-17(7-10-19)14-16-4-2-1-3-5-16/h1-13,15H,14,23H2,(H,24,25). The minimum absolute atomic E-state index is 0.738. The number of rotatable bonds is 4. The van der Waals surface area contributed by atoms with Gasteiger partial charge in [-0.25, -0.2) is 0 Å². The average molecular weight is 325 g/mol. The SMILES string of the molecule is Nc1ccc2nccc(Nc3ccc(Cc4ccccc4)cc3)c2c1. The van der Waals surface area contributed by atoms with Crippen molar-refractivity contribution in [1.82, 2.24) is 4.98 Å². The summed E-state index contributed by atoms with van der Waals surface area (Å²) in [6.45, 7) is 0. The molecule has 122 valence electrons. The van der Waals surface area contributed by atoms with Crippen molar-refractivity contribution < 1.29 is 0 Å². The number of hydrogen-bond acceptors (Lipinski definition) is 3. The number of nitrogen functional groups attached to an aromatic ring is 1. The Hall–Kier alpha value is -3.33. The molecule has 4 aromatic rings. The molecule has 3 heteroatoms. The fourth-order valence-corrected chi connectivity index (χ4v) is 2.97. The quantitative estimate of drug-likeness (QED) is 0.510. The summed E-state index contributed by atoms with van der Waals surface area (Å²) in [4.78, 5) is 4.39. The zero-order valence-electron chi connectivity index (χ0n) is 13.8. The first-order valence-corrected chi connectivity index (χ1v) is 8.32. The molecular formula is C22H19N3. The van der Waals surface area contributed by atoms with Gasteiger partial charge in [-0.2, -0.15) is 0 Å². The van der Waals surface area contributed by atoms with E-state index in [4.69, 9.17) is 5.73 Å². The smallest absolute Gasteiger partial charge is 0.0724 e. The molecule has 0 saturated carbocycles. The van der Waals surface area contributed by atoms with E-state index in [1.165, 1.54) is 11.1 Å². The Labute approximate surface area is 147 Å².